The maximum absolute atomic E-state index is 13.5. The summed E-state index contributed by atoms with van der Waals surface area (Å²) < 4.78 is 36.7. The predicted octanol–water partition coefficient (Wildman–Crippen LogP) is 13.0. The molecule has 0 bridgehead atoms. The molecule has 3 aromatic carbocycles. The second-order valence-electron chi connectivity index (χ2n) is 17.8. The van der Waals surface area contributed by atoms with E-state index in [1.54, 1.807) is 42.7 Å². The Morgan fingerprint density at radius 2 is 1.19 bits per heavy atom. The van der Waals surface area contributed by atoms with E-state index in [1.165, 1.54) is 0 Å². The Bertz CT molecular complexity index is 3010. The van der Waals surface area contributed by atoms with Gasteiger partial charge in [-0.05, 0) is 115 Å². The molecule has 0 aliphatic carbocycles. The smallest absolute Gasteiger partial charge is 0.345 e. The fraction of sp³-hybridized carbons (Fsp3) is 0.308. The second kappa shape index (κ2) is 17.5. The largest absolute Gasteiger partial charge is 0.488 e. The number of aromatic nitrogens is 2. The molecule has 0 unspecified atom stereocenters. The van der Waals surface area contributed by atoms with Gasteiger partial charge in [0.25, 0.3) is 0 Å². The Balaban J connectivity index is 1.01. The number of nitrogens with zero attached hydrogens (tertiary/aromatic N) is 3. The number of hydrogen-bond acceptors (Lipinski definition) is 11. The minimum Gasteiger partial charge on any atom is -0.488 e. The fourth-order valence-corrected chi connectivity index (χ4v) is 7.40. The van der Waals surface area contributed by atoms with E-state index in [4.69, 9.17) is 27.1 Å². The normalized spacial score (nSPS) is 12.0. The van der Waals surface area contributed by atoms with Gasteiger partial charge in [-0.2, -0.15) is 0 Å². The molecule has 8 aromatic rings. The molecule has 0 atom stereocenters. The Morgan fingerprint density at radius 3 is 1.87 bits per heavy atom. The molecule has 5 heterocycles. The van der Waals surface area contributed by atoms with Crippen molar-refractivity contribution in [2.45, 2.75) is 92.3 Å². The van der Waals surface area contributed by atoms with E-state index in [-0.39, 0.29) is 0 Å². The first-order chi connectivity index (χ1) is 30.1. The summed E-state index contributed by atoms with van der Waals surface area (Å²) in [5.74, 6) is 3.15. The van der Waals surface area contributed by atoms with E-state index in [2.05, 4.69) is 34.8 Å². The molecule has 0 saturated heterocycles. The summed E-state index contributed by atoms with van der Waals surface area (Å²) in [4.78, 5) is 38.2. The third-order valence-corrected chi connectivity index (χ3v) is 10.4. The Labute approximate surface area is 366 Å². The predicted molar refractivity (Wildman–Crippen MR) is 249 cm³/mol. The number of furan rings is 2. The van der Waals surface area contributed by atoms with Gasteiger partial charge < -0.3 is 32.0 Å². The number of unbranched alkanes of at least 4 members (excludes halogenated alkanes) is 2. The lowest BCUT2D eigenvalue weighted by Gasteiger charge is -2.25. The van der Waals surface area contributed by atoms with Crippen molar-refractivity contribution < 1.29 is 27.1 Å². The van der Waals surface area contributed by atoms with E-state index < -0.39 is 22.5 Å². The minimum atomic E-state index is -0.513. The Kier molecular flexibility index (Phi) is 11.9. The van der Waals surface area contributed by atoms with Crippen LogP contribution in [0.5, 0.6) is 11.5 Å². The Morgan fingerprint density at radius 1 is 0.571 bits per heavy atom. The molecular weight excluding hydrogens is 795 g/mol. The van der Waals surface area contributed by atoms with Crippen molar-refractivity contribution in [3.05, 3.63) is 124 Å². The molecule has 0 amide bonds. The van der Waals surface area contributed by atoms with Gasteiger partial charge in [0.1, 0.15) is 45.3 Å². The van der Waals surface area contributed by atoms with E-state index in [1.807, 2.05) is 96.1 Å². The third-order valence-electron chi connectivity index (χ3n) is 10.4. The SMILES string of the molecule is CCCCN(CCCC)c1ccc2cc(-c3cnc(-c4ccc(-c5ccc(-c6cccc(-c7cc8c(OC(C)(C)C)cc(OC(C)(C)C)cc8oc7=O)c6)o5)o4)cn3)c(=O)oc2c1. The maximum atomic E-state index is 13.5. The number of hydrogen-bond donors (Lipinski definition) is 0. The van der Waals surface area contributed by atoms with Crippen LogP contribution in [0, 0.1) is 0 Å². The molecule has 0 N–H and O–H groups in total. The lowest BCUT2D eigenvalue weighted by molar-refractivity contribution is 0.122. The van der Waals surface area contributed by atoms with Crippen LogP contribution in [0.25, 0.3) is 78.6 Å². The van der Waals surface area contributed by atoms with Crippen molar-refractivity contribution in [1.29, 1.82) is 0 Å². The second-order valence-corrected chi connectivity index (χ2v) is 17.8. The van der Waals surface area contributed by atoms with Crippen molar-refractivity contribution in [1.82, 2.24) is 9.97 Å². The lowest BCUT2D eigenvalue weighted by atomic mass is 10.0. The first-order valence-corrected chi connectivity index (χ1v) is 21.6. The van der Waals surface area contributed by atoms with Gasteiger partial charge in [-0.3, -0.25) is 4.98 Å². The van der Waals surface area contributed by atoms with Crippen LogP contribution in [-0.4, -0.2) is 34.3 Å². The van der Waals surface area contributed by atoms with Gasteiger partial charge in [-0.25, -0.2) is 14.6 Å². The number of anilines is 1. The number of benzene rings is 3. The monoisotopic (exact) mass is 847 g/mol. The molecule has 0 saturated carbocycles. The maximum Gasteiger partial charge on any atom is 0.345 e. The molecule has 324 valence electrons. The van der Waals surface area contributed by atoms with Crippen molar-refractivity contribution in [3.8, 4) is 68.2 Å². The first-order valence-electron chi connectivity index (χ1n) is 21.6. The number of ether oxygens (including phenoxy) is 2. The van der Waals surface area contributed by atoms with Crippen LogP contribution >= 0.6 is 0 Å². The first kappa shape index (κ1) is 42.8. The van der Waals surface area contributed by atoms with E-state index in [9.17, 15) is 9.59 Å². The summed E-state index contributed by atoms with van der Waals surface area (Å²) >= 11 is 0. The van der Waals surface area contributed by atoms with Gasteiger partial charge in [-0.15, -0.1) is 0 Å². The quantitative estimate of drug-likeness (QED) is 0.0968. The van der Waals surface area contributed by atoms with Crippen molar-refractivity contribution in [2.24, 2.45) is 0 Å². The zero-order valence-electron chi connectivity index (χ0n) is 37.2. The highest BCUT2D eigenvalue weighted by molar-refractivity contribution is 5.89. The average Bonchev–Trinajstić information content (AvgIpc) is 3.94. The van der Waals surface area contributed by atoms with Gasteiger partial charge in [-0.1, -0.05) is 44.9 Å². The van der Waals surface area contributed by atoms with Crippen LogP contribution < -0.4 is 25.6 Å². The lowest BCUT2D eigenvalue weighted by Crippen LogP contribution is -2.25. The summed E-state index contributed by atoms with van der Waals surface area (Å²) in [6.07, 6.45) is 7.54. The molecule has 11 heteroatoms. The summed E-state index contributed by atoms with van der Waals surface area (Å²) in [5.41, 5.74) is 3.03. The van der Waals surface area contributed by atoms with Crippen LogP contribution in [0.15, 0.2) is 131 Å². The van der Waals surface area contributed by atoms with E-state index in [0.717, 1.165) is 55.4 Å². The van der Waals surface area contributed by atoms with Gasteiger partial charge in [0, 0.05) is 47.9 Å². The van der Waals surface area contributed by atoms with Gasteiger partial charge in [0.15, 0.2) is 17.3 Å². The highest BCUT2D eigenvalue weighted by Crippen LogP contribution is 2.38. The van der Waals surface area contributed by atoms with E-state index in [0.29, 0.717) is 79.2 Å². The van der Waals surface area contributed by atoms with Crippen LogP contribution in [0.3, 0.4) is 0 Å². The van der Waals surface area contributed by atoms with Crippen molar-refractivity contribution >= 4 is 27.6 Å². The molecule has 5 aromatic heterocycles. The topological polar surface area (TPSA) is 134 Å². The van der Waals surface area contributed by atoms with Crippen LogP contribution in [0.4, 0.5) is 5.69 Å². The van der Waals surface area contributed by atoms with Crippen molar-refractivity contribution in [3.63, 3.8) is 0 Å². The molecular formula is C52H53N3O8. The molecule has 0 aliphatic rings. The van der Waals surface area contributed by atoms with E-state index >= 15 is 0 Å². The van der Waals surface area contributed by atoms with Gasteiger partial charge in [0.2, 0.25) is 0 Å². The summed E-state index contributed by atoms with van der Waals surface area (Å²) in [6.45, 7) is 18.1. The number of fused-ring (bicyclic) bond motifs is 2. The fourth-order valence-electron chi connectivity index (χ4n) is 7.40. The standard InChI is InChI=1S/C52H53N3O8/c1-9-11-22-55(23-12-10-2)35-17-16-34-25-38(50(57)60-46(34)26-35)40-30-54-41(31-53-40)43-19-21-45(59-43)44-20-18-42(58-44)33-15-13-14-32(24-33)37-29-39-47(61-49(37)56)27-36(62-51(3,4)5)28-48(39)63-52(6,7)8/h13-21,24-31H,9-12,22-23H2,1-8H3. The third kappa shape index (κ3) is 9.78. The van der Waals surface area contributed by atoms with Crippen LogP contribution in [-0.2, 0) is 0 Å². The molecule has 63 heavy (non-hydrogen) atoms. The molecule has 11 nitrogen and oxygen atoms in total. The number of rotatable bonds is 14. The van der Waals surface area contributed by atoms with Crippen molar-refractivity contribution in [2.75, 3.05) is 18.0 Å². The molecule has 0 spiro atoms. The van der Waals surface area contributed by atoms with Crippen LogP contribution in [0.2, 0.25) is 0 Å². The summed E-state index contributed by atoms with van der Waals surface area (Å²) in [6, 6.07) is 28.0. The molecule has 0 fully saturated rings. The molecule has 0 aliphatic heterocycles. The molecule has 0 radical (unpaired) electrons. The minimum absolute atomic E-state index is 0.330. The van der Waals surface area contributed by atoms with Gasteiger partial charge in [0.05, 0.1) is 34.6 Å². The average molecular weight is 848 g/mol. The van der Waals surface area contributed by atoms with Gasteiger partial charge >= 0.3 is 11.3 Å². The Hall–Kier alpha value is -6.88. The molecule has 8 rings (SSSR count). The summed E-state index contributed by atoms with van der Waals surface area (Å²) in [7, 11) is 0. The highest BCUT2D eigenvalue weighted by atomic mass is 16.5. The zero-order valence-corrected chi connectivity index (χ0v) is 37.2. The summed E-state index contributed by atoms with van der Waals surface area (Å²) in [5, 5.41) is 1.46. The zero-order chi connectivity index (χ0) is 44.5. The van der Waals surface area contributed by atoms with Crippen LogP contribution in [0.1, 0.15) is 81.1 Å². The highest BCUT2D eigenvalue weighted by Gasteiger charge is 2.22.